The molecule has 0 aromatic rings. The van der Waals surface area contributed by atoms with Crippen LogP contribution in [0, 0.1) is 11.3 Å². The average molecular weight is 213 g/mol. The van der Waals surface area contributed by atoms with E-state index in [0.717, 1.165) is 17.9 Å². The number of aliphatic hydroxyl groups is 2. The predicted octanol–water partition coefficient (Wildman–Crippen LogP) is 0.900. The van der Waals surface area contributed by atoms with Gasteiger partial charge >= 0.3 is 0 Å². The van der Waals surface area contributed by atoms with Crippen molar-refractivity contribution < 1.29 is 10.2 Å². The van der Waals surface area contributed by atoms with Crippen molar-refractivity contribution in [3.05, 3.63) is 0 Å². The Labute approximate surface area is 91.9 Å². The van der Waals surface area contributed by atoms with E-state index >= 15 is 0 Å². The van der Waals surface area contributed by atoms with Crippen LogP contribution in [-0.2, 0) is 0 Å². The van der Waals surface area contributed by atoms with E-state index in [9.17, 15) is 0 Å². The minimum absolute atomic E-state index is 0.0349. The molecule has 0 saturated heterocycles. The molecule has 0 unspecified atom stereocenters. The molecule has 2 saturated carbocycles. The lowest BCUT2D eigenvalue weighted by molar-refractivity contribution is 0.159. The molecule has 2 aliphatic rings. The van der Waals surface area contributed by atoms with E-state index < -0.39 is 0 Å². The Morgan fingerprint density at radius 1 is 1.07 bits per heavy atom. The Morgan fingerprint density at radius 3 is 2.13 bits per heavy atom. The molecule has 0 aliphatic heterocycles. The summed E-state index contributed by atoms with van der Waals surface area (Å²) in [5, 5.41) is 21.1. The van der Waals surface area contributed by atoms with Gasteiger partial charge in [-0.25, -0.2) is 0 Å². The highest BCUT2D eigenvalue weighted by Crippen LogP contribution is 2.56. The van der Waals surface area contributed by atoms with Crippen LogP contribution in [-0.4, -0.2) is 36.0 Å². The molecular weight excluding hydrogens is 190 g/mol. The maximum Gasteiger partial charge on any atom is 0.0607 e. The minimum atomic E-state index is -0.123. The third-order valence-electron chi connectivity index (χ3n) is 4.26. The molecule has 0 bridgehead atoms. The van der Waals surface area contributed by atoms with Gasteiger partial charge in [-0.1, -0.05) is 0 Å². The topological polar surface area (TPSA) is 52.5 Å². The standard InChI is InChI=1S/C12H23NO2/c14-8-11(9-15)13-7-10-1-3-12(4-2-10)5-6-12/h10-11,13-15H,1-9H2. The molecule has 0 heterocycles. The molecule has 15 heavy (non-hydrogen) atoms. The van der Waals surface area contributed by atoms with E-state index in [1.54, 1.807) is 0 Å². The SMILES string of the molecule is OCC(CO)NCC1CCC2(CC1)CC2. The van der Waals surface area contributed by atoms with E-state index in [-0.39, 0.29) is 19.3 Å². The van der Waals surface area contributed by atoms with E-state index in [1.807, 2.05) is 0 Å². The lowest BCUT2D eigenvalue weighted by Crippen LogP contribution is -2.39. The first kappa shape index (κ1) is 11.4. The molecule has 88 valence electrons. The molecule has 3 N–H and O–H groups in total. The van der Waals surface area contributed by atoms with Crippen LogP contribution >= 0.6 is 0 Å². The zero-order valence-corrected chi connectivity index (χ0v) is 9.41. The average Bonchev–Trinajstić information content (AvgIpc) is 3.03. The molecule has 0 aromatic heterocycles. The highest BCUT2D eigenvalue weighted by molar-refractivity contribution is 4.96. The fourth-order valence-corrected chi connectivity index (χ4v) is 2.69. The van der Waals surface area contributed by atoms with Gasteiger partial charge in [0.1, 0.15) is 0 Å². The van der Waals surface area contributed by atoms with Gasteiger partial charge in [0.25, 0.3) is 0 Å². The summed E-state index contributed by atoms with van der Waals surface area (Å²) in [4.78, 5) is 0. The van der Waals surface area contributed by atoms with E-state index in [2.05, 4.69) is 5.32 Å². The van der Waals surface area contributed by atoms with Crippen molar-refractivity contribution in [2.24, 2.45) is 11.3 Å². The van der Waals surface area contributed by atoms with Gasteiger partial charge in [0, 0.05) is 0 Å². The van der Waals surface area contributed by atoms with Crippen molar-refractivity contribution in [1.29, 1.82) is 0 Å². The van der Waals surface area contributed by atoms with E-state index in [4.69, 9.17) is 10.2 Å². The number of hydrogen-bond acceptors (Lipinski definition) is 3. The summed E-state index contributed by atoms with van der Waals surface area (Å²) < 4.78 is 0. The summed E-state index contributed by atoms with van der Waals surface area (Å²) in [6.07, 6.45) is 8.39. The van der Waals surface area contributed by atoms with Crippen LogP contribution in [0.25, 0.3) is 0 Å². The maximum absolute atomic E-state index is 8.93. The molecule has 2 fully saturated rings. The van der Waals surface area contributed by atoms with Crippen LogP contribution in [0.15, 0.2) is 0 Å². The van der Waals surface area contributed by atoms with Crippen molar-refractivity contribution in [1.82, 2.24) is 5.32 Å². The van der Waals surface area contributed by atoms with Crippen LogP contribution in [0.5, 0.6) is 0 Å². The van der Waals surface area contributed by atoms with Gasteiger partial charge in [-0.05, 0) is 56.4 Å². The summed E-state index contributed by atoms with van der Waals surface area (Å²) in [5.74, 6) is 0.761. The molecule has 0 aromatic carbocycles. The van der Waals surface area contributed by atoms with Gasteiger partial charge in [0.2, 0.25) is 0 Å². The fourth-order valence-electron chi connectivity index (χ4n) is 2.69. The minimum Gasteiger partial charge on any atom is -0.395 e. The highest BCUT2D eigenvalue weighted by atomic mass is 16.3. The molecule has 0 amide bonds. The molecule has 2 rings (SSSR count). The van der Waals surface area contributed by atoms with Crippen LogP contribution in [0.3, 0.4) is 0 Å². The van der Waals surface area contributed by atoms with Crippen molar-refractivity contribution >= 4 is 0 Å². The second-order valence-electron chi connectivity index (χ2n) is 5.41. The zero-order chi connectivity index (χ0) is 10.7. The quantitative estimate of drug-likeness (QED) is 0.636. The van der Waals surface area contributed by atoms with Gasteiger partial charge in [0.05, 0.1) is 19.3 Å². The zero-order valence-electron chi connectivity index (χ0n) is 9.41. The molecule has 3 heteroatoms. The third kappa shape index (κ3) is 2.92. The molecule has 0 atom stereocenters. The lowest BCUT2D eigenvalue weighted by atomic mass is 9.80. The lowest BCUT2D eigenvalue weighted by Gasteiger charge is -2.29. The van der Waals surface area contributed by atoms with Crippen LogP contribution < -0.4 is 5.32 Å². The number of nitrogens with one attached hydrogen (secondary N) is 1. The third-order valence-corrected chi connectivity index (χ3v) is 4.26. The van der Waals surface area contributed by atoms with E-state index in [1.165, 1.54) is 38.5 Å². The monoisotopic (exact) mass is 213 g/mol. The molecule has 0 radical (unpaired) electrons. The van der Waals surface area contributed by atoms with Gasteiger partial charge in [0.15, 0.2) is 0 Å². The molecule has 1 spiro atoms. The van der Waals surface area contributed by atoms with Gasteiger partial charge in [-0.15, -0.1) is 0 Å². The Kier molecular flexibility index (Phi) is 3.65. The summed E-state index contributed by atoms with van der Waals surface area (Å²) in [5.41, 5.74) is 0.768. The maximum atomic E-state index is 8.93. The normalized spacial score (nSPS) is 25.0. The molecular formula is C12H23NO2. The summed E-state index contributed by atoms with van der Waals surface area (Å²) in [6, 6.07) is -0.123. The van der Waals surface area contributed by atoms with Gasteiger partial charge < -0.3 is 15.5 Å². The van der Waals surface area contributed by atoms with Gasteiger partial charge in [-0.3, -0.25) is 0 Å². The second kappa shape index (κ2) is 4.81. The summed E-state index contributed by atoms with van der Waals surface area (Å²) in [7, 11) is 0. The Balaban J connectivity index is 1.63. The van der Waals surface area contributed by atoms with Crippen molar-refractivity contribution in [2.45, 2.75) is 44.6 Å². The first-order chi connectivity index (χ1) is 7.28. The first-order valence-electron chi connectivity index (χ1n) is 6.23. The Bertz CT molecular complexity index is 190. The second-order valence-corrected chi connectivity index (χ2v) is 5.41. The predicted molar refractivity (Wildman–Crippen MR) is 59.6 cm³/mol. The molecule has 3 nitrogen and oxygen atoms in total. The summed E-state index contributed by atoms with van der Waals surface area (Å²) in [6.45, 7) is 1.03. The van der Waals surface area contributed by atoms with Crippen LogP contribution in [0.2, 0.25) is 0 Å². The smallest absolute Gasteiger partial charge is 0.0607 e. The summed E-state index contributed by atoms with van der Waals surface area (Å²) >= 11 is 0. The number of aliphatic hydroxyl groups excluding tert-OH is 2. The van der Waals surface area contributed by atoms with Crippen molar-refractivity contribution in [3.63, 3.8) is 0 Å². The highest BCUT2D eigenvalue weighted by Gasteiger charge is 2.44. The van der Waals surface area contributed by atoms with Gasteiger partial charge in [-0.2, -0.15) is 0 Å². The largest absolute Gasteiger partial charge is 0.395 e. The van der Waals surface area contributed by atoms with Crippen LogP contribution in [0.1, 0.15) is 38.5 Å². The number of hydrogen-bond donors (Lipinski definition) is 3. The fraction of sp³-hybridized carbons (Fsp3) is 1.00. The Hall–Kier alpha value is -0.120. The van der Waals surface area contributed by atoms with Crippen LogP contribution in [0.4, 0.5) is 0 Å². The van der Waals surface area contributed by atoms with E-state index in [0.29, 0.717) is 0 Å². The number of rotatable bonds is 5. The van der Waals surface area contributed by atoms with Crippen molar-refractivity contribution in [2.75, 3.05) is 19.8 Å². The Morgan fingerprint density at radius 2 is 1.67 bits per heavy atom. The molecule has 2 aliphatic carbocycles. The van der Waals surface area contributed by atoms with Crippen molar-refractivity contribution in [3.8, 4) is 0 Å². The first-order valence-corrected chi connectivity index (χ1v) is 6.23.